The summed E-state index contributed by atoms with van der Waals surface area (Å²) in [7, 11) is 0. The number of hydrogen-bond acceptors (Lipinski definition) is 3. The molecular formula is C14H23NO3S. The van der Waals surface area contributed by atoms with Gasteiger partial charge in [-0.2, -0.15) is 11.8 Å². The van der Waals surface area contributed by atoms with Crippen LogP contribution in [0, 0.1) is 11.8 Å². The molecule has 108 valence electrons. The van der Waals surface area contributed by atoms with Gasteiger partial charge in [0.15, 0.2) is 0 Å². The Morgan fingerprint density at radius 2 is 1.68 bits per heavy atom. The maximum Gasteiger partial charge on any atom is 0.306 e. The Morgan fingerprint density at radius 1 is 1.11 bits per heavy atom. The van der Waals surface area contributed by atoms with Crippen molar-refractivity contribution in [2.24, 2.45) is 11.8 Å². The van der Waals surface area contributed by atoms with Crippen LogP contribution in [-0.4, -0.2) is 45.5 Å². The summed E-state index contributed by atoms with van der Waals surface area (Å²) in [4.78, 5) is 25.5. The lowest BCUT2D eigenvalue weighted by Crippen LogP contribution is -2.50. The van der Waals surface area contributed by atoms with Crippen molar-refractivity contribution >= 4 is 23.6 Å². The molecule has 5 heteroatoms. The molecule has 1 aliphatic heterocycles. The van der Waals surface area contributed by atoms with Crippen LogP contribution in [0.5, 0.6) is 0 Å². The van der Waals surface area contributed by atoms with Gasteiger partial charge in [-0.25, -0.2) is 0 Å². The van der Waals surface area contributed by atoms with E-state index in [2.05, 4.69) is 13.8 Å². The average molecular weight is 285 g/mol. The zero-order valence-electron chi connectivity index (χ0n) is 11.7. The van der Waals surface area contributed by atoms with Crippen LogP contribution in [-0.2, 0) is 9.59 Å². The molecule has 1 aliphatic carbocycles. The summed E-state index contributed by atoms with van der Waals surface area (Å²) in [5.74, 6) is 0.373. The third kappa shape index (κ3) is 3.25. The molecule has 0 spiro atoms. The Hall–Kier alpha value is -0.710. The van der Waals surface area contributed by atoms with E-state index in [0.29, 0.717) is 24.1 Å². The number of rotatable bonds is 2. The van der Waals surface area contributed by atoms with E-state index in [1.165, 1.54) is 0 Å². The highest BCUT2D eigenvalue weighted by atomic mass is 32.2. The van der Waals surface area contributed by atoms with E-state index in [1.807, 2.05) is 16.7 Å². The monoisotopic (exact) mass is 285 g/mol. The third-order valence-corrected chi connectivity index (χ3v) is 5.93. The number of amides is 1. The first kappa shape index (κ1) is 14.7. The van der Waals surface area contributed by atoms with Crippen molar-refractivity contribution in [3.8, 4) is 0 Å². The first-order valence-corrected chi connectivity index (χ1v) is 8.20. The van der Waals surface area contributed by atoms with E-state index in [-0.39, 0.29) is 17.7 Å². The molecule has 1 amide bonds. The predicted octanol–water partition coefficient (Wildman–Crippen LogP) is 2.23. The van der Waals surface area contributed by atoms with Crippen LogP contribution in [0.2, 0.25) is 0 Å². The van der Waals surface area contributed by atoms with E-state index < -0.39 is 5.97 Å². The third-order valence-electron chi connectivity index (χ3n) is 4.59. The predicted molar refractivity (Wildman–Crippen MR) is 76.2 cm³/mol. The fraction of sp³-hybridized carbons (Fsp3) is 0.857. The number of nitrogens with zero attached hydrogens (tertiary/aromatic N) is 1. The molecule has 0 radical (unpaired) electrons. The second-order valence-electron chi connectivity index (χ2n) is 5.73. The van der Waals surface area contributed by atoms with Crippen LogP contribution >= 0.6 is 11.8 Å². The summed E-state index contributed by atoms with van der Waals surface area (Å²) in [5.41, 5.74) is 0. The smallest absolute Gasteiger partial charge is 0.306 e. The fourth-order valence-electron chi connectivity index (χ4n) is 3.07. The van der Waals surface area contributed by atoms with Crippen LogP contribution < -0.4 is 0 Å². The van der Waals surface area contributed by atoms with E-state index in [9.17, 15) is 9.59 Å². The molecule has 0 aromatic heterocycles. The zero-order valence-corrected chi connectivity index (χ0v) is 12.5. The highest BCUT2D eigenvalue weighted by Gasteiger charge is 2.35. The standard InChI is InChI=1S/C14H23NO3S/c1-9-10(2)19-8-7-15(9)13(16)11-3-5-12(6-4-11)14(17)18/h9-12H,3-8H2,1-2H3,(H,17,18). The molecule has 2 fully saturated rings. The van der Waals surface area contributed by atoms with Crippen LogP contribution in [0.4, 0.5) is 0 Å². The molecule has 4 nitrogen and oxygen atoms in total. The Morgan fingerprint density at radius 3 is 2.26 bits per heavy atom. The van der Waals surface area contributed by atoms with Crippen molar-refractivity contribution in [2.75, 3.05) is 12.3 Å². The minimum atomic E-state index is -0.706. The van der Waals surface area contributed by atoms with Crippen LogP contribution in [0.15, 0.2) is 0 Å². The van der Waals surface area contributed by atoms with Gasteiger partial charge in [-0.3, -0.25) is 9.59 Å². The van der Waals surface area contributed by atoms with Gasteiger partial charge in [-0.15, -0.1) is 0 Å². The van der Waals surface area contributed by atoms with Gasteiger partial charge in [0.05, 0.1) is 5.92 Å². The Labute approximate surface area is 118 Å². The largest absolute Gasteiger partial charge is 0.481 e. The van der Waals surface area contributed by atoms with Crippen LogP contribution in [0.25, 0.3) is 0 Å². The van der Waals surface area contributed by atoms with Crippen molar-refractivity contribution in [3.05, 3.63) is 0 Å². The SMILES string of the molecule is CC1SCCN(C(=O)C2CCC(C(=O)O)CC2)C1C. The molecule has 0 aromatic carbocycles. The van der Waals surface area contributed by atoms with Crippen LogP contribution in [0.1, 0.15) is 39.5 Å². The van der Waals surface area contributed by atoms with Gasteiger partial charge in [-0.1, -0.05) is 6.92 Å². The van der Waals surface area contributed by atoms with E-state index in [1.54, 1.807) is 0 Å². The van der Waals surface area contributed by atoms with Gasteiger partial charge in [-0.05, 0) is 32.6 Å². The summed E-state index contributed by atoms with van der Waals surface area (Å²) < 4.78 is 0. The van der Waals surface area contributed by atoms with E-state index >= 15 is 0 Å². The number of carbonyl (C=O) groups excluding carboxylic acids is 1. The quantitative estimate of drug-likeness (QED) is 0.845. The van der Waals surface area contributed by atoms with Crippen molar-refractivity contribution in [1.29, 1.82) is 0 Å². The number of thioether (sulfide) groups is 1. The number of hydrogen-bond donors (Lipinski definition) is 1. The van der Waals surface area contributed by atoms with Crippen molar-refractivity contribution < 1.29 is 14.7 Å². The number of carboxylic acids is 1. The summed E-state index contributed by atoms with van der Waals surface area (Å²) in [6.07, 6.45) is 2.78. The van der Waals surface area contributed by atoms with Gasteiger partial charge >= 0.3 is 5.97 Å². The molecule has 2 atom stereocenters. The topological polar surface area (TPSA) is 57.6 Å². The van der Waals surface area contributed by atoms with Gasteiger partial charge in [0.1, 0.15) is 0 Å². The molecule has 1 heterocycles. The average Bonchev–Trinajstić information content (AvgIpc) is 2.41. The highest BCUT2D eigenvalue weighted by molar-refractivity contribution is 8.00. The lowest BCUT2D eigenvalue weighted by molar-refractivity contribution is -0.146. The minimum Gasteiger partial charge on any atom is -0.481 e. The Bertz CT molecular complexity index is 353. The van der Waals surface area contributed by atoms with Gasteiger partial charge in [0.2, 0.25) is 5.91 Å². The van der Waals surface area contributed by atoms with Crippen LogP contribution in [0.3, 0.4) is 0 Å². The number of carbonyl (C=O) groups is 2. The number of carboxylic acid groups (broad SMARTS) is 1. The molecule has 1 saturated heterocycles. The lowest BCUT2D eigenvalue weighted by atomic mass is 9.81. The maximum atomic E-state index is 12.6. The van der Waals surface area contributed by atoms with Crippen molar-refractivity contribution in [1.82, 2.24) is 4.90 Å². The van der Waals surface area contributed by atoms with E-state index in [4.69, 9.17) is 5.11 Å². The lowest BCUT2D eigenvalue weighted by Gasteiger charge is -2.40. The Kier molecular flexibility index (Phi) is 4.76. The van der Waals surface area contributed by atoms with Crippen molar-refractivity contribution in [2.45, 2.75) is 50.8 Å². The summed E-state index contributed by atoms with van der Waals surface area (Å²) >= 11 is 1.93. The summed E-state index contributed by atoms with van der Waals surface area (Å²) in [6.45, 7) is 5.14. The van der Waals surface area contributed by atoms with Gasteiger partial charge < -0.3 is 10.0 Å². The van der Waals surface area contributed by atoms with Crippen molar-refractivity contribution in [3.63, 3.8) is 0 Å². The normalized spacial score (nSPS) is 36.0. The van der Waals surface area contributed by atoms with Gasteiger partial charge in [0.25, 0.3) is 0 Å². The molecule has 0 aromatic rings. The molecule has 2 aliphatic rings. The molecule has 2 rings (SSSR count). The fourth-order valence-corrected chi connectivity index (χ4v) is 4.17. The number of aliphatic carboxylic acids is 1. The summed E-state index contributed by atoms with van der Waals surface area (Å²) in [6, 6.07) is 0.295. The van der Waals surface area contributed by atoms with Gasteiger partial charge in [0, 0.05) is 29.5 Å². The molecule has 19 heavy (non-hydrogen) atoms. The minimum absolute atomic E-state index is 0.0494. The zero-order chi connectivity index (χ0) is 14.0. The van der Waals surface area contributed by atoms with E-state index in [0.717, 1.165) is 25.1 Å². The molecule has 0 bridgehead atoms. The second kappa shape index (κ2) is 6.16. The molecule has 1 saturated carbocycles. The highest BCUT2D eigenvalue weighted by Crippen LogP contribution is 2.32. The second-order valence-corrected chi connectivity index (χ2v) is 7.22. The summed E-state index contributed by atoms with van der Waals surface area (Å²) in [5, 5.41) is 9.48. The maximum absolute atomic E-state index is 12.6. The molecule has 2 unspecified atom stereocenters. The first-order chi connectivity index (χ1) is 9.00. The Balaban J connectivity index is 1.92. The molecular weight excluding hydrogens is 262 g/mol. The molecule has 1 N–H and O–H groups in total. The first-order valence-electron chi connectivity index (χ1n) is 7.15.